The van der Waals surface area contributed by atoms with Crippen LogP contribution in [0.1, 0.15) is 44.1 Å². The molecule has 0 radical (unpaired) electrons. The van der Waals surface area contributed by atoms with E-state index in [1.165, 1.54) is 12.5 Å². The number of carbonyl (C=O) groups excluding carboxylic acids is 1. The molecule has 0 aliphatic heterocycles. The van der Waals surface area contributed by atoms with Crippen LogP contribution in [0.15, 0.2) is 12.5 Å². The van der Waals surface area contributed by atoms with E-state index >= 15 is 0 Å². The lowest BCUT2D eigenvalue weighted by molar-refractivity contribution is 0.0691. The van der Waals surface area contributed by atoms with Crippen molar-refractivity contribution >= 4 is 12.0 Å². The standard InChI is InChI=1S/C13H22N4O3/c1-4-13(3,5-2)16-12(20)14-6-7-17-8-10(11(18)19)15-9-17/h8-9H,4-7H2,1-3H3,(H,18,19)(H2,14,16,20). The van der Waals surface area contributed by atoms with Crippen LogP contribution in [0, 0.1) is 0 Å². The highest BCUT2D eigenvalue weighted by atomic mass is 16.4. The zero-order chi connectivity index (χ0) is 15.2. The topological polar surface area (TPSA) is 96.3 Å². The maximum atomic E-state index is 11.7. The van der Waals surface area contributed by atoms with E-state index in [2.05, 4.69) is 15.6 Å². The molecule has 0 spiro atoms. The first-order valence-electron chi connectivity index (χ1n) is 6.71. The normalized spacial score (nSPS) is 11.2. The van der Waals surface area contributed by atoms with E-state index in [1.54, 1.807) is 4.57 Å². The quantitative estimate of drug-likeness (QED) is 0.705. The van der Waals surface area contributed by atoms with E-state index in [-0.39, 0.29) is 17.3 Å². The number of amides is 2. The number of rotatable bonds is 7. The Hall–Kier alpha value is -2.05. The molecule has 0 unspecified atom stereocenters. The lowest BCUT2D eigenvalue weighted by Gasteiger charge is -2.28. The van der Waals surface area contributed by atoms with Crippen LogP contribution in [0.25, 0.3) is 0 Å². The molecule has 112 valence electrons. The predicted molar refractivity (Wildman–Crippen MR) is 74.7 cm³/mol. The lowest BCUT2D eigenvalue weighted by atomic mass is 9.96. The van der Waals surface area contributed by atoms with Crippen molar-refractivity contribution in [1.29, 1.82) is 0 Å². The molecule has 0 fully saturated rings. The summed E-state index contributed by atoms with van der Waals surface area (Å²) in [4.78, 5) is 26.1. The lowest BCUT2D eigenvalue weighted by Crippen LogP contribution is -2.50. The fourth-order valence-corrected chi connectivity index (χ4v) is 1.64. The van der Waals surface area contributed by atoms with Gasteiger partial charge in [-0.25, -0.2) is 14.6 Å². The molecule has 0 saturated carbocycles. The first kappa shape index (κ1) is 16.0. The van der Waals surface area contributed by atoms with Gasteiger partial charge < -0.3 is 20.3 Å². The van der Waals surface area contributed by atoms with Crippen LogP contribution in [0.3, 0.4) is 0 Å². The third kappa shape index (κ3) is 4.56. The second-order valence-electron chi connectivity index (χ2n) is 4.95. The molecule has 1 aromatic rings. The maximum Gasteiger partial charge on any atom is 0.356 e. The Morgan fingerprint density at radius 1 is 1.40 bits per heavy atom. The Bertz CT molecular complexity index is 466. The van der Waals surface area contributed by atoms with Crippen molar-refractivity contribution in [2.75, 3.05) is 6.54 Å². The van der Waals surface area contributed by atoms with Gasteiger partial charge in [-0.1, -0.05) is 13.8 Å². The number of imidazole rings is 1. The van der Waals surface area contributed by atoms with Crippen molar-refractivity contribution in [1.82, 2.24) is 20.2 Å². The van der Waals surface area contributed by atoms with Gasteiger partial charge in [-0.2, -0.15) is 0 Å². The first-order chi connectivity index (χ1) is 9.40. The van der Waals surface area contributed by atoms with Crippen LogP contribution in [-0.4, -0.2) is 38.7 Å². The average molecular weight is 282 g/mol. The summed E-state index contributed by atoms with van der Waals surface area (Å²) in [7, 11) is 0. The minimum Gasteiger partial charge on any atom is -0.476 e. The zero-order valence-corrected chi connectivity index (χ0v) is 12.1. The van der Waals surface area contributed by atoms with Crippen molar-refractivity contribution in [2.24, 2.45) is 0 Å². The van der Waals surface area contributed by atoms with Gasteiger partial charge in [-0.15, -0.1) is 0 Å². The van der Waals surface area contributed by atoms with Crippen molar-refractivity contribution in [3.05, 3.63) is 18.2 Å². The van der Waals surface area contributed by atoms with Gasteiger partial charge in [0.05, 0.1) is 6.33 Å². The van der Waals surface area contributed by atoms with Crippen LogP contribution in [0.4, 0.5) is 4.79 Å². The minimum absolute atomic E-state index is 0.000933. The van der Waals surface area contributed by atoms with Gasteiger partial charge in [0.25, 0.3) is 0 Å². The summed E-state index contributed by atoms with van der Waals surface area (Å²) in [5.74, 6) is -1.06. The van der Waals surface area contributed by atoms with Gasteiger partial charge in [0, 0.05) is 24.8 Å². The second kappa shape index (κ2) is 6.93. The molecule has 3 N–H and O–H groups in total. The Morgan fingerprint density at radius 3 is 2.55 bits per heavy atom. The predicted octanol–water partition coefficient (Wildman–Crippen LogP) is 1.46. The van der Waals surface area contributed by atoms with Crippen LogP contribution >= 0.6 is 0 Å². The molecule has 1 aromatic heterocycles. The van der Waals surface area contributed by atoms with Crippen molar-refractivity contribution in [2.45, 2.75) is 45.7 Å². The van der Waals surface area contributed by atoms with Gasteiger partial charge in [0.1, 0.15) is 0 Å². The first-order valence-corrected chi connectivity index (χ1v) is 6.71. The van der Waals surface area contributed by atoms with E-state index in [1.807, 2.05) is 20.8 Å². The number of carbonyl (C=O) groups is 2. The molecule has 0 aromatic carbocycles. The van der Waals surface area contributed by atoms with Crippen molar-refractivity contribution in [3.8, 4) is 0 Å². The number of hydrogen-bond acceptors (Lipinski definition) is 3. The fourth-order valence-electron chi connectivity index (χ4n) is 1.64. The summed E-state index contributed by atoms with van der Waals surface area (Å²) < 4.78 is 1.63. The smallest absolute Gasteiger partial charge is 0.356 e. The largest absolute Gasteiger partial charge is 0.476 e. The van der Waals surface area contributed by atoms with Gasteiger partial charge in [-0.3, -0.25) is 0 Å². The molecule has 0 aliphatic carbocycles. The Labute approximate surface area is 118 Å². The number of aromatic nitrogens is 2. The van der Waals surface area contributed by atoms with Crippen LogP contribution in [0.5, 0.6) is 0 Å². The van der Waals surface area contributed by atoms with Gasteiger partial charge in [-0.05, 0) is 19.8 Å². The number of nitrogens with zero attached hydrogens (tertiary/aromatic N) is 2. The van der Waals surface area contributed by atoms with E-state index in [4.69, 9.17) is 5.11 Å². The van der Waals surface area contributed by atoms with Gasteiger partial charge >= 0.3 is 12.0 Å². The number of aromatic carboxylic acids is 1. The highest BCUT2D eigenvalue weighted by Gasteiger charge is 2.21. The minimum atomic E-state index is -1.06. The number of carboxylic acids is 1. The number of urea groups is 1. The summed E-state index contributed by atoms with van der Waals surface area (Å²) >= 11 is 0. The molecule has 0 bridgehead atoms. The number of hydrogen-bond donors (Lipinski definition) is 3. The molecular weight excluding hydrogens is 260 g/mol. The van der Waals surface area contributed by atoms with Gasteiger partial charge in [0.2, 0.25) is 0 Å². The molecule has 7 nitrogen and oxygen atoms in total. The average Bonchev–Trinajstić information content (AvgIpc) is 2.87. The number of nitrogens with one attached hydrogen (secondary N) is 2. The highest BCUT2D eigenvalue weighted by Crippen LogP contribution is 2.12. The van der Waals surface area contributed by atoms with E-state index in [9.17, 15) is 9.59 Å². The third-order valence-corrected chi connectivity index (χ3v) is 3.48. The number of carboxylic acid groups (broad SMARTS) is 1. The molecule has 20 heavy (non-hydrogen) atoms. The Kier molecular flexibility index (Phi) is 5.54. The molecule has 1 heterocycles. The van der Waals surface area contributed by atoms with Crippen LogP contribution in [0.2, 0.25) is 0 Å². The molecule has 0 saturated heterocycles. The summed E-state index contributed by atoms with van der Waals surface area (Å²) in [6, 6.07) is -0.213. The molecule has 7 heteroatoms. The maximum absolute atomic E-state index is 11.7. The second-order valence-corrected chi connectivity index (χ2v) is 4.95. The van der Waals surface area contributed by atoms with E-state index in [0.717, 1.165) is 12.8 Å². The summed E-state index contributed by atoms with van der Waals surface area (Å²) in [6.45, 7) is 6.94. The monoisotopic (exact) mass is 282 g/mol. The molecule has 1 rings (SSSR count). The molecule has 2 amide bonds. The molecule has 0 atom stereocenters. The SMILES string of the molecule is CCC(C)(CC)NC(=O)NCCn1cnc(C(=O)O)c1. The van der Waals surface area contributed by atoms with Crippen molar-refractivity contribution < 1.29 is 14.7 Å². The van der Waals surface area contributed by atoms with E-state index < -0.39 is 5.97 Å². The molecular formula is C13H22N4O3. The summed E-state index contributed by atoms with van der Waals surface area (Å²) in [5, 5.41) is 14.4. The summed E-state index contributed by atoms with van der Waals surface area (Å²) in [5.41, 5.74) is -0.200. The van der Waals surface area contributed by atoms with E-state index in [0.29, 0.717) is 13.1 Å². The Balaban J connectivity index is 2.36. The van der Waals surface area contributed by atoms with Gasteiger partial charge in [0.15, 0.2) is 5.69 Å². The fraction of sp³-hybridized carbons (Fsp3) is 0.615. The Morgan fingerprint density at radius 2 is 2.05 bits per heavy atom. The van der Waals surface area contributed by atoms with Crippen molar-refractivity contribution in [3.63, 3.8) is 0 Å². The zero-order valence-electron chi connectivity index (χ0n) is 12.1. The highest BCUT2D eigenvalue weighted by molar-refractivity contribution is 5.84. The third-order valence-electron chi connectivity index (χ3n) is 3.48. The van der Waals surface area contributed by atoms with Crippen LogP contribution in [-0.2, 0) is 6.54 Å². The van der Waals surface area contributed by atoms with Crippen LogP contribution < -0.4 is 10.6 Å². The molecule has 0 aliphatic rings. The summed E-state index contributed by atoms with van der Waals surface area (Å²) in [6.07, 6.45) is 4.59.